The van der Waals surface area contributed by atoms with Crippen LogP contribution in [0, 0.1) is 0 Å². The molecular formula is C10H18N2O4. The highest BCUT2D eigenvalue weighted by atomic mass is 16.6. The van der Waals surface area contributed by atoms with E-state index >= 15 is 0 Å². The van der Waals surface area contributed by atoms with Crippen molar-refractivity contribution in [2.45, 2.75) is 44.9 Å². The molecule has 0 aliphatic carbocycles. The van der Waals surface area contributed by atoms with Gasteiger partial charge in [-0.2, -0.15) is 0 Å². The van der Waals surface area contributed by atoms with Gasteiger partial charge >= 0.3 is 6.09 Å². The molecule has 0 bridgehead atoms. The summed E-state index contributed by atoms with van der Waals surface area (Å²) < 4.78 is 4.93. The van der Waals surface area contributed by atoms with Gasteiger partial charge in [-0.1, -0.05) is 0 Å². The molecular weight excluding hydrogens is 212 g/mol. The summed E-state index contributed by atoms with van der Waals surface area (Å²) in [5.74, 6) is -0.467. The smallest absolute Gasteiger partial charge is 0.414 e. The lowest BCUT2D eigenvalue weighted by Crippen LogP contribution is -2.45. The van der Waals surface area contributed by atoms with Gasteiger partial charge in [0.1, 0.15) is 5.60 Å². The van der Waals surface area contributed by atoms with Crippen molar-refractivity contribution < 1.29 is 19.4 Å². The van der Waals surface area contributed by atoms with Crippen LogP contribution in [0.5, 0.6) is 0 Å². The molecule has 16 heavy (non-hydrogen) atoms. The first-order chi connectivity index (χ1) is 7.28. The monoisotopic (exact) mass is 230 g/mol. The van der Waals surface area contributed by atoms with Crippen LogP contribution in [0.25, 0.3) is 0 Å². The lowest BCUT2D eigenvalue weighted by atomic mass is 10.2. The van der Waals surface area contributed by atoms with Gasteiger partial charge in [-0.15, -0.1) is 0 Å². The van der Waals surface area contributed by atoms with E-state index in [2.05, 4.69) is 10.6 Å². The van der Waals surface area contributed by atoms with Gasteiger partial charge in [-0.25, -0.2) is 4.79 Å². The Morgan fingerprint density at radius 3 is 2.50 bits per heavy atom. The predicted octanol–water partition coefficient (Wildman–Crippen LogP) is -0.240. The van der Waals surface area contributed by atoms with E-state index in [-0.39, 0.29) is 0 Å². The predicted molar refractivity (Wildman–Crippen MR) is 56.8 cm³/mol. The third kappa shape index (κ3) is 4.16. The Kier molecular flexibility index (Phi) is 3.88. The number of hydrogen-bond acceptors (Lipinski definition) is 5. The summed E-state index contributed by atoms with van der Waals surface area (Å²) >= 11 is 0. The van der Waals surface area contributed by atoms with E-state index in [1.165, 1.54) is 0 Å². The minimum atomic E-state index is -0.763. The minimum Gasteiger partial charge on any atom is -0.444 e. The molecule has 0 unspecified atom stereocenters. The number of alkyl carbamates (subject to hydrolysis) is 1. The molecule has 0 radical (unpaired) electrons. The van der Waals surface area contributed by atoms with Crippen molar-refractivity contribution >= 4 is 12.0 Å². The van der Waals surface area contributed by atoms with E-state index < -0.39 is 29.7 Å². The van der Waals surface area contributed by atoms with E-state index in [9.17, 15) is 14.7 Å². The van der Waals surface area contributed by atoms with Gasteiger partial charge in [0.15, 0.2) is 0 Å². The molecule has 0 saturated carbocycles. The van der Waals surface area contributed by atoms with Crippen molar-refractivity contribution in [1.29, 1.82) is 0 Å². The molecule has 1 aliphatic heterocycles. The SMILES string of the molecule is CC(C)(C)OC(=O)NC(=O)[C@H]1C[C@@H](O)CN1. The molecule has 6 heteroatoms. The Hall–Kier alpha value is -1.14. The molecule has 2 amide bonds. The van der Waals surface area contributed by atoms with Gasteiger partial charge in [0.25, 0.3) is 0 Å². The Balaban J connectivity index is 2.37. The molecule has 1 fully saturated rings. The fourth-order valence-corrected chi connectivity index (χ4v) is 1.41. The van der Waals surface area contributed by atoms with Gasteiger partial charge in [0.05, 0.1) is 12.1 Å². The number of amides is 2. The number of nitrogens with one attached hydrogen (secondary N) is 2. The summed E-state index contributed by atoms with van der Waals surface area (Å²) in [6, 6.07) is -0.525. The van der Waals surface area contributed by atoms with Gasteiger partial charge in [-0.3, -0.25) is 10.1 Å². The summed E-state index contributed by atoms with van der Waals surface area (Å²) in [4.78, 5) is 22.8. The van der Waals surface area contributed by atoms with Gasteiger partial charge < -0.3 is 15.2 Å². The highest BCUT2D eigenvalue weighted by Crippen LogP contribution is 2.08. The zero-order valence-corrected chi connectivity index (χ0v) is 9.74. The van der Waals surface area contributed by atoms with E-state index in [1.807, 2.05) is 0 Å². The summed E-state index contributed by atoms with van der Waals surface area (Å²) in [5.41, 5.74) is -0.632. The lowest BCUT2D eigenvalue weighted by molar-refractivity contribution is -0.122. The van der Waals surface area contributed by atoms with Gasteiger partial charge in [0, 0.05) is 6.54 Å². The quantitative estimate of drug-likeness (QED) is 0.578. The molecule has 1 heterocycles. The number of imide groups is 1. The first kappa shape index (κ1) is 12.9. The second-order valence-corrected chi connectivity index (χ2v) is 4.84. The standard InChI is InChI=1S/C10H18N2O4/c1-10(2,3)16-9(15)12-8(14)7-4-6(13)5-11-7/h6-7,11,13H,4-5H2,1-3H3,(H,12,14,15)/t6-,7-/m1/s1. The molecule has 92 valence electrons. The molecule has 0 aromatic heterocycles. The maximum atomic E-state index is 11.5. The van der Waals surface area contributed by atoms with Crippen molar-refractivity contribution in [1.82, 2.24) is 10.6 Å². The van der Waals surface area contributed by atoms with Crippen molar-refractivity contribution in [3.8, 4) is 0 Å². The Labute approximate surface area is 94.3 Å². The van der Waals surface area contributed by atoms with Crippen molar-refractivity contribution in [3.05, 3.63) is 0 Å². The van der Waals surface area contributed by atoms with Crippen molar-refractivity contribution in [3.63, 3.8) is 0 Å². The normalized spacial score (nSPS) is 25.2. The van der Waals surface area contributed by atoms with Crippen LogP contribution in [0.2, 0.25) is 0 Å². The third-order valence-corrected chi connectivity index (χ3v) is 2.05. The molecule has 2 atom stereocenters. The highest BCUT2D eigenvalue weighted by Gasteiger charge is 2.30. The number of ether oxygens (including phenoxy) is 1. The van der Waals surface area contributed by atoms with Crippen LogP contribution in [0.1, 0.15) is 27.2 Å². The third-order valence-electron chi connectivity index (χ3n) is 2.05. The zero-order chi connectivity index (χ0) is 12.3. The highest BCUT2D eigenvalue weighted by molar-refractivity contribution is 5.95. The Bertz CT molecular complexity index is 285. The van der Waals surface area contributed by atoms with E-state index in [0.717, 1.165) is 0 Å². The molecule has 1 aliphatic rings. The van der Waals surface area contributed by atoms with E-state index in [0.29, 0.717) is 13.0 Å². The molecule has 1 saturated heterocycles. The van der Waals surface area contributed by atoms with Crippen molar-refractivity contribution in [2.75, 3.05) is 6.54 Å². The Morgan fingerprint density at radius 2 is 2.06 bits per heavy atom. The summed E-state index contributed by atoms with van der Waals surface area (Å²) in [5, 5.41) is 14.1. The summed E-state index contributed by atoms with van der Waals surface area (Å²) in [6.45, 7) is 5.52. The summed E-state index contributed by atoms with van der Waals surface area (Å²) in [6.07, 6.45) is -0.982. The van der Waals surface area contributed by atoms with Crippen LogP contribution in [0.15, 0.2) is 0 Å². The van der Waals surface area contributed by atoms with E-state index in [4.69, 9.17) is 4.74 Å². The minimum absolute atomic E-state index is 0.314. The molecule has 0 spiro atoms. The maximum Gasteiger partial charge on any atom is 0.414 e. The van der Waals surface area contributed by atoms with Crippen molar-refractivity contribution in [2.24, 2.45) is 0 Å². The topological polar surface area (TPSA) is 87.7 Å². The fraction of sp³-hybridized carbons (Fsp3) is 0.800. The first-order valence-corrected chi connectivity index (χ1v) is 5.23. The fourth-order valence-electron chi connectivity index (χ4n) is 1.41. The second-order valence-electron chi connectivity index (χ2n) is 4.84. The summed E-state index contributed by atoms with van der Waals surface area (Å²) in [7, 11) is 0. The first-order valence-electron chi connectivity index (χ1n) is 5.23. The van der Waals surface area contributed by atoms with Gasteiger partial charge in [0.2, 0.25) is 5.91 Å². The number of carbonyl (C=O) groups excluding carboxylic acids is 2. The van der Waals surface area contributed by atoms with E-state index in [1.54, 1.807) is 20.8 Å². The molecule has 6 nitrogen and oxygen atoms in total. The number of aliphatic hydroxyl groups is 1. The molecule has 1 rings (SSSR count). The molecule has 3 N–H and O–H groups in total. The number of carbonyl (C=O) groups is 2. The Morgan fingerprint density at radius 1 is 1.44 bits per heavy atom. The van der Waals surface area contributed by atoms with Crippen LogP contribution in [-0.4, -0.2) is 41.4 Å². The molecule has 0 aromatic carbocycles. The van der Waals surface area contributed by atoms with Crippen LogP contribution in [0.4, 0.5) is 4.79 Å². The number of hydrogen-bond donors (Lipinski definition) is 3. The molecule has 0 aromatic rings. The maximum absolute atomic E-state index is 11.5. The largest absolute Gasteiger partial charge is 0.444 e. The average Bonchev–Trinajstić information content (AvgIpc) is 2.47. The second kappa shape index (κ2) is 4.80. The number of rotatable bonds is 1. The number of β-amino-alcohol motifs (C(OH)–C–C–N with tert-alkyl or cyclic N) is 1. The number of aliphatic hydroxyl groups excluding tert-OH is 1. The average molecular weight is 230 g/mol. The van der Waals surface area contributed by atoms with Gasteiger partial charge in [-0.05, 0) is 27.2 Å². The zero-order valence-electron chi connectivity index (χ0n) is 9.74. The van der Waals surface area contributed by atoms with Crippen LogP contribution in [-0.2, 0) is 9.53 Å². The van der Waals surface area contributed by atoms with Crippen LogP contribution < -0.4 is 10.6 Å². The van der Waals surface area contributed by atoms with Crippen LogP contribution >= 0.6 is 0 Å². The van der Waals surface area contributed by atoms with Crippen LogP contribution in [0.3, 0.4) is 0 Å². The lowest BCUT2D eigenvalue weighted by Gasteiger charge is -2.20.